The van der Waals surface area contributed by atoms with Crippen LogP contribution in [0.2, 0.25) is 0 Å². The average Bonchev–Trinajstić information content (AvgIpc) is 3.40. The Morgan fingerprint density at radius 3 is 2.58 bits per heavy atom. The van der Waals surface area contributed by atoms with Crippen molar-refractivity contribution in [2.24, 2.45) is 22.2 Å². The smallest absolute Gasteiger partial charge is 0.410 e. The lowest BCUT2D eigenvalue weighted by Crippen LogP contribution is -2.65. The predicted molar refractivity (Wildman–Crippen MR) is 185 cm³/mol. The molecular formula is C37H48N8O3. The molecule has 254 valence electrons. The van der Waals surface area contributed by atoms with Crippen LogP contribution in [0.25, 0.3) is 22.3 Å². The third kappa shape index (κ3) is 5.80. The maximum absolute atomic E-state index is 12.3. The summed E-state index contributed by atoms with van der Waals surface area (Å²) in [6, 6.07) is 9.42. The van der Waals surface area contributed by atoms with Crippen LogP contribution in [0.4, 0.5) is 4.79 Å². The van der Waals surface area contributed by atoms with Crippen LogP contribution in [-0.4, -0.2) is 98.5 Å². The van der Waals surface area contributed by atoms with Crippen LogP contribution in [0.1, 0.15) is 70.7 Å². The molecular weight excluding hydrogens is 604 g/mol. The van der Waals surface area contributed by atoms with Crippen LogP contribution in [-0.2, 0) is 11.2 Å². The molecule has 6 heterocycles. The first kappa shape index (κ1) is 31.2. The minimum Gasteiger partial charge on any atom is -0.507 e. The van der Waals surface area contributed by atoms with Gasteiger partial charge in [-0.1, -0.05) is 12.1 Å². The first-order valence-corrected chi connectivity index (χ1v) is 17.7. The number of H-pyrrole nitrogens is 1. The summed E-state index contributed by atoms with van der Waals surface area (Å²) in [5.74, 6) is 2.46. The van der Waals surface area contributed by atoms with Gasteiger partial charge in [0.2, 0.25) is 0 Å². The summed E-state index contributed by atoms with van der Waals surface area (Å²) < 4.78 is 5.54. The predicted octanol–water partition coefficient (Wildman–Crippen LogP) is 5.45. The van der Waals surface area contributed by atoms with Gasteiger partial charge in [0, 0.05) is 66.4 Å². The molecule has 1 saturated carbocycles. The highest BCUT2D eigenvalue weighted by Gasteiger charge is 2.54. The molecule has 3 N–H and O–H groups in total. The zero-order valence-electron chi connectivity index (χ0n) is 28.6. The highest BCUT2D eigenvalue weighted by atomic mass is 16.6. The molecule has 4 aliphatic heterocycles. The molecule has 1 unspecified atom stereocenters. The van der Waals surface area contributed by atoms with Gasteiger partial charge in [-0.15, -0.1) is 10.2 Å². The molecule has 1 spiro atoms. The number of fused-ring (bicyclic) bond motifs is 3. The standard InChI is InChI=1S/C37H48N8O3/c1-23-32-28-15-30(27-7-5-6-8-31(27)46)41-42-33(28)40-29(32)11-14-45(23)34-38-18-26(19-39-34)25-9-12-43(13-10-25)20-24-16-37(17-24)21-44(22-37)35(47)48-36(2,3)4/h5-8,15,18,23-25,46H,9-14,16-17,19-22H2,1-4H3,(H,38,39)(H,40,42). The SMILES string of the molecule is CC1c2c([nH]c3nnc(-c4ccccc4O)cc23)CCN1C1=NCC(C2CCN(CC3CC4(C3)CN(C(=O)OC(C)(C)C)C4)CC2)=CN1. The number of hydrogen-bond acceptors (Lipinski definition) is 9. The van der Waals surface area contributed by atoms with Gasteiger partial charge in [0.1, 0.15) is 11.4 Å². The summed E-state index contributed by atoms with van der Waals surface area (Å²) in [5.41, 5.74) is 5.89. The fourth-order valence-electron chi connectivity index (χ4n) is 8.89. The Bertz CT molecular complexity index is 1770. The quantitative estimate of drug-likeness (QED) is 0.340. The van der Waals surface area contributed by atoms with E-state index in [1.165, 1.54) is 49.1 Å². The molecule has 11 heteroatoms. The number of aromatic nitrogens is 3. The summed E-state index contributed by atoms with van der Waals surface area (Å²) in [5, 5.41) is 23.9. The van der Waals surface area contributed by atoms with Crippen LogP contribution >= 0.6 is 0 Å². The number of guanidine groups is 1. The third-order valence-electron chi connectivity index (χ3n) is 11.2. The van der Waals surface area contributed by atoms with Crippen molar-refractivity contribution in [3.05, 3.63) is 53.4 Å². The lowest BCUT2D eigenvalue weighted by atomic mass is 9.57. The van der Waals surface area contributed by atoms with E-state index in [0.717, 1.165) is 68.6 Å². The van der Waals surface area contributed by atoms with Crippen molar-refractivity contribution in [3.8, 4) is 17.0 Å². The topological polar surface area (TPSA) is 122 Å². The van der Waals surface area contributed by atoms with Gasteiger partial charge in [0.15, 0.2) is 11.6 Å². The minimum atomic E-state index is -0.431. The minimum absolute atomic E-state index is 0.110. The number of rotatable bonds is 4. The van der Waals surface area contributed by atoms with E-state index in [2.05, 4.69) is 43.4 Å². The summed E-state index contributed by atoms with van der Waals surface area (Å²) in [7, 11) is 0. The van der Waals surface area contributed by atoms with Gasteiger partial charge < -0.3 is 34.8 Å². The fraction of sp³-hybridized carbons (Fsp3) is 0.568. The number of phenolic OH excluding ortho intramolecular Hbond substituents is 1. The maximum Gasteiger partial charge on any atom is 0.410 e. The van der Waals surface area contributed by atoms with Crippen molar-refractivity contribution in [3.63, 3.8) is 0 Å². The summed E-state index contributed by atoms with van der Waals surface area (Å²) in [4.78, 5) is 27.8. The average molecular weight is 653 g/mol. The number of nitrogens with zero attached hydrogens (tertiary/aromatic N) is 6. The molecule has 1 aromatic carbocycles. The van der Waals surface area contributed by atoms with E-state index in [1.807, 2.05) is 49.9 Å². The Balaban J connectivity index is 0.827. The van der Waals surface area contributed by atoms with Gasteiger partial charge in [-0.3, -0.25) is 0 Å². The first-order chi connectivity index (χ1) is 23.0. The van der Waals surface area contributed by atoms with Crippen LogP contribution in [0.15, 0.2) is 47.1 Å². The number of carbonyl (C=O) groups is 1. The van der Waals surface area contributed by atoms with E-state index in [1.54, 1.807) is 6.07 Å². The molecule has 0 radical (unpaired) electrons. The molecule has 48 heavy (non-hydrogen) atoms. The second-order valence-corrected chi connectivity index (χ2v) is 15.8. The number of aromatic amines is 1. The summed E-state index contributed by atoms with van der Waals surface area (Å²) >= 11 is 0. The van der Waals surface area contributed by atoms with E-state index >= 15 is 0 Å². The normalized spacial score (nSPS) is 23.2. The van der Waals surface area contributed by atoms with E-state index in [9.17, 15) is 9.90 Å². The number of aliphatic imine (C=N–C) groups is 1. The van der Waals surface area contributed by atoms with Gasteiger partial charge in [-0.05, 0) is 102 Å². The number of phenols is 1. The highest BCUT2D eigenvalue weighted by Crippen LogP contribution is 2.52. The molecule has 11 nitrogen and oxygen atoms in total. The zero-order chi connectivity index (χ0) is 33.2. The molecule has 0 bridgehead atoms. The van der Waals surface area contributed by atoms with Crippen molar-refractivity contribution in [1.29, 1.82) is 0 Å². The fourth-order valence-corrected chi connectivity index (χ4v) is 8.89. The maximum atomic E-state index is 12.3. The number of para-hydroxylation sites is 1. The van der Waals surface area contributed by atoms with Crippen molar-refractivity contribution in [1.82, 2.24) is 35.2 Å². The highest BCUT2D eigenvalue weighted by molar-refractivity contribution is 5.88. The Morgan fingerprint density at radius 2 is 1.88 bits per heavy atom. The molecule has 2 aromatic heterocycles. The third-order valence-corrected chi connectivity index (χ3v) is 11.2. The van der Waals surface area contributed by atoms with Crippen molar-refractivity contribution in [2.75, 3.05) is 45.8 Å². The van der Waals surface area contributed by atoms with E-state index < -0.39 is 5.60 Å². The Labute approximate surface area is 282 Å². The van der Waals surface area contributed by atoms with Gasteiger partial charge in [0.25, 0.3) is 0 Å². The number of likely N-dealkylation sites (tertiary alicyclic amines) is 2. The number of nitrogens with one attached hydrogen (secondary N) is 2. The molecule has 5 aliphatic rings. The van der Waals surface area contributed by atoms with E-state index in [-0.39, 0.29) is 17.9 Å². The lowest BCUT2D eigenvalue weighted by molar-refractivity contribution is -0.101. The van der Waals surface area contributed by atoms with Crippen LogP contribution in [0.5, 0.6) is 5.75 Å². The summed E-state index contributed by atoms with van der Waals surface area (Å²) in [6.45, 7) is 14.8. The number of carbonyl (C=O) groups excluding carboxylic acids is 1. The van der Waals surface area contributed by atoms with E-state index in [4.69, 9.17) is 9.73 Å². The van der Waals surface area contributed by atoms with Gasteiger partial charge >= 0.3 is 6.09 Å². The largest absolute Gasteiger partial charge is 0.507 e. The lowest BCUT2D eigenvalue weighted by Gasteiger charge is -2.59. The summed E-state index contributed by atoms with van der Waals surface area (Å²) in [6.07, 6.45) is 7.78. The molecule has 1 amide bonds. The van der Waals surface area contributed by atoms with Gasteiger partial charge in [-0.25, -0.2) is 9.79 Å². The van der Waals surface area contributed by atoms with Gasteiger partial charge in [0.05, 0.1) is 18.3 Å². The van der Waals surface area contributed by atoms with Crippen LogP contribution in [0.3, 0.4) is 0 Å². The molecule has 3 fully saturated rings. The molecule has 3 aromatic rings. The van der Waals surface area contributed by atoms with Crippen LogP contribution < -0.4 is 5.32 Å². The number of ether oxygens (including phenoxy) is 1. The van der Waals surface area contributed by atoms with E-state index in [0.29, 0.717) is 22.6 Å². The Kier molecular flexibility index (Phi) is 7.65. The second-order valence-electron chi connectivity index (χ2n) is 15.8. The number of aromatic hydroxyl groups is 1. The van der Waals surface area contributed by atoms with Crippen molar-refractivity contribution in [2.45, 2.75) is 71.4 Å². The number of amides is 1. The molecule has 2 saturated heterocycles. The van der Waals surface area contributed by atoms with Crippen molar-refractivity contribution < 1.29 is 14.6 Å². The first-order valence-electron chi connectivity index (χ1n) is 17.7. The monoisotopic (exact) mass is 652 g/mol. The van der Waals surface area contributed by atoms with Crippen molar-refractivity contribution >= 4 is 23.1 Å². The Hall–Kier alpha value is -4.12. The number of hydrogen-bond donors (Lipinski definition) is 3. The molecule has 1 aliphatic carbocycles. The second kappa shape index (κ2) is 11.8. The number of piperidine rings is 1. The Morgan fingerprint density at radius 1 is 1.10 bits per heavy atom. The van der Waals surface area contributed by atoms with Crippen LogP contribution in [0, 0.1) is 17.3 Å². The van der Waals surface area contributed by atoms with Gasteiger partial charge in [-0.2, -0.15) is 0 Å². The number of benzene rings is 1. The zero-order valence-corrected chi connectivity index (χ0v) is 28.6. The molecule has 8 rings (SSSR count). The molecule has 1 atom stereocenters.